The Hall–Kier alpha value is -3.33. The highest BCUT2D eigenvalue weighted by molar-refractivity contribution is 6.31. The van der Waals surface area contributed by atoms with E-state index in [1.54, 1.807) is 13.8 Å². The molecule has 0 radical (unpaired) electrons. The fourth-order valence-electron chi connectivity index (χ4n) is 3.41. The lowest BCUT2D eigenvalue weighted by molar-refractivity contribution is -0.157. The Bertz CT molecular complexity index is 1180. The Morgan fingerprint density at radius 2 is 1.55 bits per heavy atom. The van der Waals surface area contributed by atoms with Crippen molar-refractivity contribution in [1.82, 2.24) is 4.98 Å². The Morgan fingerprint density at radius 3 is 2.06 bits per heavy atom. The number of aromatic nitrogens is 1. The molecule has 0 unspecified atom stereocenters. The highest BCUT2D eigenvalue weighted by Crippen LogP contribution is 2.35. The molecule has 0 saturated carbocycles. The van der Waals surface area contributed by atoms with Crippen LogP contribution in [0.25, 0.3) is 10.9 Å². The van der Waals surface area contributed by atoms with Gasteiger partial charge in [0.25, 0.3) is 0 Å². The van der Waals surface area contributed by atoms with Crippen LogP contribution in [0, 0.1) is 0 Å². The van der Waals surface area contributed by atoms with Gasteiger partial charge in [0.2, 0.25) is 5.78 Å². The van der Waals surface area contributed by atoms with Crippen LogP contribution in [0.5, 0.6) is 0 Å². The Balaban J connectivity index is 2.20. The van der Waals surface area contributed by atoms with Crippen LogP contribution in [-0.4, -0.2) is 35.9 Å². The molecule has 0 aliphatic heterocycles. The van der Waals surface area contributed by atoms with E-state index in [2.05, 4.69) is 4.98 Å². The molecule has 0 atom stereocenters. The summed E-state index contributed by atoms with van der Waals surface area (Å²) in [4.78, 5) is 41.6. The average molecular weight is 482 g/mol. The maximum atomic E-state index is 13.3. The third-order valence-corrected chi connectivity index (χ3v) is 5.07. The first-order valence-electron chi connectivity index (χ1n) is 9.94. The molecule has 33 heavy (non-hydrogen) atoms. The van der Waals surface area contributed by atoms with Crippen LogP contribution in [0.1, 0.15) is 46.9 Å². The maximum Gasteiger partial charge on any atom is 0.416 e. The van der Waals surface area contributed by atoms with Crippen molar-refractivity contribution in [2.75, 3.05) is 13.2 Å². The van der Waals surface area contributed by atoms with Gasteiger partial charge < -0.3 is 14.5 Å². The second-order valence-corrected chi connectivity index (χ2v) is 7.38. The fourth-order valence-corrected chi connectivity index (χ4v) is 3.58. The third-order valence-electron chi connectivity index (χ3n) is 4.84. The number of carbonyl (C=O) groups excluding carboxylic acids is 3. The van der Waals surface area contributed by atoms with E-state index >= 15 is 0 Å². The standard InChI is InChI=1S/C23H19ClF3NO5/c1-3-32-21(30)18(22(31)33-4-2)17-15-10-9-14(24)11-16(15)28-19(17)20(29)12-5-7-13(8-6-12)23(25,26)27/h5-11,18,28H,3-4H2,1-2H3. The molecule has 0 fully saturated rings. The summed E-state index contributed by atoms with van der Waals surface area (Å²) >= 11 is 6.05. The van der Waals surface area contributed by atoms with E-state index in [1.165, 1.54) is 18.2 Å². The van der Waals surface area contributed by atoms with Crippen LogP contribution in [0.3, 0.4) is 0 Å². The molecular formula is C23H19ClF3NO5. The van der Waals surface area contributed by atoms with Crippen LogP contribution >= 0.6 is 11.6 Å². The highest BCUT2D eigenvalue weighted by Gasteiger charge is 2.38. The predicted molar refractivity (Wildman–Crippen MR) is 114 cm³/mol. The quantitative estimate of drug-likeness (QED) is 0.282. The molecule has 0 saturated heterocycles. The number of rotatable bonds is 7. The Kier molecular flexibility index (Phi) is 7.12. The summed E-state index contributed by atoms with van der Waals surface area (Å²) < 4.78 is 48.8. The van der Waals surface area contributed by atoms with Crippen molar-refractivity contribution in [2.24, 2.45) is 0 Å². The summed E-state index contributed by atoms with van der Waals surface area (Å²) in [5.74, 6) is -4.15. The Morgan fingerprint density at radius 1 is 0.970 bits per heavy atom. The lowest BCUT2D eigenvalue weighted by atomic mass is 9.92. The number of carbonyl (C=O) groups is 3. The number of hydrogen-bond donors (Lipinski definition) is 1. The molecule has 6 nitrogen and oxygen atoms in total. The minimum Gasteiger partial charge on any atom is -0.465 e. The van der Waals surface area contributed by atoms with Crippen molar-refractivity contribution in [3.8, 4) is 0 Å². The van der Waals surface area contributed by atoms with Crippen molar-refractivity contribution < 1.29 is 37.0 Å². The van der Waals surface area contributed by atoms with Gasteiger partial charge >= 0.3 is 18.1 Å². The molecule has 3 aromatic rings. The first-order valence-corrected chi connectivity index (χ1v) is 10.3. The van der Waals surface area contributed by atoms with Gasteiger partial charge in [-0.2, -0.15) is 13.2 Å². The summed E-state index contributed by atoms with van der Waals surface area (Å²) in [5, 5.41) is 0.674. The largest absolute Gasteiger partial charge is 0.465 e. The van der Waals surface area contributed by atoms with Gasteiger partial charge in [0.1, 0.15) is 0 Å². The van der Waals surface area contributed by atoms with E-state index < -0.39 is 35.4 Å². The summed E-state index contributed by atoms with van der Waals surface area (Å²) in [6.07, 6.45) is -4.57. The average Bonchev–Trinajstić information content (AvgIpc) is 3.11. The van der Waals surface area contributed by atoms with E-state index in [9.17, 15) is 27.6 Å². The molecule has 174 valence electrons. The predicted octanol–water partition coefficient (Wildman–Crippen LogP) is 5.28. The number of alkyl halides is 3. The van der Waals surface area contributed by atoms with Crippen molar-refractivity contribution in [1.29, 1.82) is 0 Å². The number of fused-ring (bicyclic) bond motifs is 1. The van der Waals surface area contributed by atoms with Crippen molar-refractivity contribution in [3.63, 3.8) is 0 Å². The van der Waals surface area contributed by atoms with Gasteiger partial charge in [-0.3, -0.25) is 14.4 Å². The van der Waals surface area contributed by atoms with Gasteiger partial charge in [-0.1, -0.05) is 29.8 Å². The number of H-pyrrole nitrogens is 1. The summed E-state index contributed by atoms with van der Waals surface area (Å²) in [5.41, 5.74) is -0.792. The third kappa shape index (κ3) is 5.03. The number of ketones is 1. The normalized spacial score (nSPS) is 11.6. The molecule has 2 aromatic carbocycles. The minimum absolute atomic E-state index is 0.00321. The molecule has 10 heteroatoms. The first-order chi connectivity index (χ1) is 15.6. The van der Waals surface area contributed by atoms with Crippen LogP contribution in [0.4, 0.5) is 13.2 Å². The van der Waals surface area contributed by atoms with Crippen LogP contribution < -0.4 is 0 Å². The van der Waals surface area contributed by atoms with Gasteiger partial charge in [-0.15, -0.1) is 0 Å². The number of ether oxygens (including phenoxy) is 2. The number of benzene rings is 2. The second-order valence-electron chi connectivity index (χ2n) is 6.94. The zero-order valence-electron chi connectivity index (χ0n) is 17.6. The molecule has 0 spiro atoms. The highest BCUT2D eigenvalue weighted by atomic mass is 35.5. The zero-order chi connectivity index (χ0) is 24.3. The van der Waals surface area contributed by atoms with E-state index in [0.717, 1.165) is 24.3 Å². The van der Waals surface area contributed by atoms with Gasteiger partial charge in [0.05, 0.1) is 24.5 Å². The number of nitrogens with one attached hydrogen (secondary N) is 1. The number of esters is 2. The van der Waals surface area contributed by atoms with E-state index in [-0.39, 0.29) is 30.0 Å². The van der Waals surface area contributed by atoms with Gasteiger partial charge in [0.15, 0.2) is 5.92 Å². The smallest absolute Gasteiger partial charge is 0.416 e. The first kappa shape index (κ1) is 24.3. The molecule has 0 aliphatic rings. The van der Waals surface area contributed by atoms with E-state index in [0.29, 0.717) is 15.9 Å². The molecule has 1 heterocycles. The number of hydrogen-bond acceptors (Lipinski definition) is 5. The molecule has 3 rings (SSSR count). The topological polar surface area (TPSA) is 85.5 Å². The van der Waals surface area contributed by atoms with E-state index in [4.69, 9.17) is 21.1 Å². The SMILES string of the molecule is CCOC(=O)C(C(=O)OCC)c1c(C(=O)c2ccc(C(F)(F)F)cc2)[nH]c2cc(Cl)ccc12. The summed E-state index contributed by atoms with van der Waals surface area (Å²) in [7, 11) is 0. The fraction of sp³-hybridized carbons (Fsp3) is 0.261. The monoisotopic (exact) mass is 481 g/mol. The second kappa shape index (κ2) is 9.66. The van der Waals surface area contributed by atoms with Crippen molar-refractivity contribution in [3.05, 3.63) is 69.9 Å². The lowest BCUT2D eigenvalue weighted by Crippen LogP contribution is -2.27. The van der Waals surface area contributed by atoms with Gasteiger partial charge in [-0.25, -0.2) is 0 Å². The maximum absolute atomic E-state index is 13.3. The minimum atomic E-state index is -4.57. The van der Waals surface area contributed by atoms with Crippen molar-refractivity contribution >= 4 is 40.2 Å². The van der Waals surface area contributed by atoms with Crippen LogP contribution in [0.15, 0.2) is 42.5 Å². The molecule has 0 aliphatic carbocycles. The van der Waals surface area contributed by atoms with Crippen molar-refractivity contribution in [2.45, 2.75) is 25.9 Å². The molecule has 1 N–H and O–H groups in total. The number of aromatic amines is 1. The molecule has 0 bridgehead atoms. The van der Waals surface area contributed by atoms with E-state index in [1.807, 2.05) is 0 Å². The molecule has 1 aromatic heterocycles. The molecular weight excluding hydrogens is 463 g/mol. The Labute approximate surface area is 191 Å². The van der Waals surface area contributed by atoms with Crippen LogP contribution in [-0.2, 0) is 25.2 Å². The van der Waals surface area contributed by atoms with Gasteiger partial charge in [-0.05, 0) is 38.1 Å². The van der Waals surface area contributed by atoms with Crippen LogP contribution in [0.2, 0.25) is 5.02 Å². The van der Waals surface area contributed by atoms with Gasteiger partial charge in [0, 0.05) is 27.1 Å². The summed E-state index contributed by atoms with van der Waals surface area (Å²) in [6.45, 7) is 3.07. The number of halogens is 4. The summed E-state index contributed by atoms with van der Waals surface area (Å²) in [6, 6.07) is 8.15. The zero-order valence-corrected chi connectivity index (χ0v) is 18.3. The molecule has 0 amide bonds. The lowest BCUT2D eigenvalue weighted by Gasteiger charge is -2.16.